The molecule has 0 spiro atoms. The zero-order chi connectivity index (χ0) is 15.4. The number of aryl methyl sites for hydroxylation is 2. The van der Waals surface area contributed by atoms with Gasteiger partial charge in [-0.1, -0.05) is 37.3 Å². The number of carbonyl (C=O) groups is 1. The fraction of sp³-hybridized carbons (Fsp3) is 0.412. The van der Waals surface area contributed by atoms with Gasteiger partial charge in [-0.15, -0.1) is 0 Å². The minimum atomic E-state index is -0.0430. The van der Waals surface area contributed by atoms with E-state index in [1.54, 1.807) is 0 Å². The van der Waals surface area contributed by atoms with Gasteiger partial charge >= 0.3 is 0 Å². The molecule has 0 N–H and O–H groups in total. The summed E-state index contributed by atoms with van der Waals surface area (Å²) in [6.07, 6.45) is 1.24. The quantitative estimate of drug-likeness (QED) is 0.780. The van der Waals surface area contributed by atoms with E-state index in [9.17, 15) is 4.79 Å². The highest BCUT2D eigenvalue weighted by Gasteiger charge is 2.22. The van der Waals surface area contributed by atoms with E-state index < -0.39 is 0 Å². The molecule has 3 nitrogen and oxygen atoms in total. The molecule has 0 saturated heterocycles. The van der Waals surface area contributed by atoms with Gasteiger partial charge in [0.25, 0.3) is 0 Å². The number of aromatic nitrogens is 2. The average Bonchev–Trinajstić information content (AvgIpc) is 2.77. The van der Waals surface area contributed by atoms with Gasteiger partial charge in [0, 0.05) is 12.5 Å². The molecule has 0 radical (unpaired) electrons. The third-order valence-electron chi connectivity index (χ3n) is 3.79. The number of hydrogen-bond acceptors (Lipinski definition) is 2. The molecule has 1 aromatic carbocycles. The minimum Gasteiger partial charge on any atom is -0.299 e. The van der Waals surface area contributed by atoms with Crippen LogP contribution in [0.25, 0.3) is 0 Å². The number of hydrogen-bond donors (Lipinski definition) is 0. The summed E-state index contributed by atoms with van der Waals surface area (Å²) in [6, 6.07) is 10.0. The van der Waals surface area contributed by atoms with Crippen LogP contribution in [0.2, 0.25) is 0 Å². The minimum absolute atomic E-state index is 0.0430. The maximum atomic E-state index is 12.7. The van der Waals surface area contributed by atoms with E-state index in [-0.39, 0.29) is 11.7 Å². The Morgan fingerprint density at radius 3 is 2.52 bits per heavy atom. The number of halogens is 1. The van der Waals surface area contributed by atoms with Crippen LogP contribution in [0.5, 0.6) is 0 Å². The molecule has 0 aliphatic rings. The molecule has 0 aliphatic carbocycles. The first-order valence-electron chi connectivity index (χ1n) is 7.37. The largest absolute Gasteiger partial charge is 0.299 e. The van der Waals surface area contributed by atoms with Crippen LogP contribution in [0, 0.1) is 6.92 Å². The lowest BCUT2D eigenvalue weighted by Crippen LogP contribution is -2.17. The second kappa shape index (κ2) is 7.03. The molecule has 1 unspecified atom stereocenters. The van der Waals surface area contributed by atoms with Crippen LogP contribution in [-0.2, 0) is 17.8 Å². The lowest BCUT2D eigenvalue weighted by atomic mass is 9.90. The van der Waals surface area contributed by atoms with Crippen LogP contribution >= 0.6 is 15.9 Å². The van der Waals surface area contributed by atoms with Gasteiger partial charge in [0.2, 0.25) is 0 Å². The molecule has 4 heteroatoms. The number of ketones is 1. The van der Waals surface area contributed by atoms with Crippen LogP contribution in [0.3, 0.4) is 0 Å². The number of nitrogens with zero attached hydrogens (tertiary/aromatic N) is 2. The van der Waals surface area contributed by atoms with Gasteiger partial charge in [-0.2, -0.15) is 5.10 Å². The van der Waals surface area contributed by atoms with Crippen LogP contribution in [0.1, 0.15) is 43.1 Å². The van der Waals surface area contributed by atoms with Crippen LogP contribution in [0.15, 0.2) is 34.8 Å². The maximum absolute atomic E-state index is 12.7. The predicted molar refractivity (Wildman–Crippen MR) is 88.5 cm³/mol. The molecule has 1 atom stereocenters. The first-order valence-corrected chi connectivity index (χ1v) is 8.17. The smallest absolute Gasteiger partial charge is 0.146 e. The highest BCUT2D eigenvalue weighted by atomic mass is 79.9. The van der Waals surface area contributed by atoms with Crippen molar-refractivity contribution in [2.24, 2.45) is 0 Å². The van der Waals surface area contributed by atoms with E-state index in [2.05, 4.69) is 28.0 Å². The van der Waals surface area contributed by atoms with Crippen LogP contribution < -0.4 is 0 Å². The van der Waals surface area contributed by atoms with Crippen molar-refractivity contribution in [1.82, 2.24) is 9.78 Å². The summed E-state index contributed by atoms with van der Waals surface area (Å²) >= 11 is 3.56. The Morgan fingerprint density at radius 2 is 1.95 bits per heavy atom. The summed E-state index contributed by atoms with van der Waals surface area (Å²) < 4.78 is 2.87. The van der Waals surface area contributed by atoms with Gasteiger partial charge in [-0.05, 0) is 41.8 Å². The molecule has 1 aromatic heterocycles. The van der Waals surface area contributed by atoms with E-state index in [4.69, 9.17) is 0 Å². The molecule has 0 bridgehead atoms. The topological polar surface area (TPSA) is 34.9 Å². The van der Waals surface area contributed by atoms with Crippen molar-refractivity contribution in [3.63, 3.8) is 0 Å². The molecule has 0 fully saturated rings. The summed E-state index contributed by atoms with van der Waals surface area (Å²) in [5, 5.41) is 4.46. The monoisotopic (exact) mass is 348 g/mol. The van der Waals surface area contributed by atoms with Gasteiger partial charge in [0.1, 0.15) is 5.78 Å². The Bertz CT molecular complexity index is 619. The second-order valence-corrected chi connectivity index (χ2v) is 5.97. The molecule has 2 rings (SSSR count). The Kier molecular flexibility index (Phi) is 5.34. The molecular formula is C17H21BrN2O. The number of benzene rings is 1. The van der Waals surface area contributed by atoms with E-state index in [1.165, 1.54) is 0 Å². The van der Waals surface area contributed by atoms with Crippen molar-refractivity contribution >= 4 is 21.7 Å². The Hall–Kier alpha value is -1.42. The van der Waals surface area contributed by atoms with Crippen molar-refractivity contribution in [3.05, 3.63) is 51.8 Å². The van der Waals surface area contributed by atoms with E-state index in [0.717, 1.165) is 34.4 Å². The van der Waals surface area contributed by atoms with E-state index in [1.807, 2.05) is 48.9 Å². The summed E-state index contributed by atoms with van der Waals surface area (Å²) in [6.45, 7) is 6.84. The van der Waals surface area contributed by atoms with Gasteiger partial charge in [-0.3, -0.25) is 9.48 Å². The standard InChI is InChI=1S/C17H21BrN2O/c1-4-14(13-9-7-6-8-10-13)16(21)11-15-17(18)12(3)19-20(15)5-2/h6-10,14H,4-5,11H2,1-3H3. The normalized spacial score (nSPS) is 12.4. The summed E-state index contributed by atoms with van der Waals surface area (Å²) in [4.78, 5) is 12.7. The summed E-state index contributed by atoms with van der Waals surface area (Å²) in [7, 11) is 0. The van der Waals surface area contributed by atoms with Crippen molar-refractivity contribution < 1.29 is 4.79 Å². The first-order chi connectivity index (χ1) is 10.1. The van der Waals surface area contributed by atoms with Gasteiger partial charge < -0.3 is 0 Å². The maximum Gasteiger partial charge on any atom is 0.146 e. The zero-order valence-electron chi connectivity index (χ0n) is 12.8. The third-order valence-corrected chi connectivity index (χ3v) is 4.82. The third kappa shape index (κ3) is 3.43. The van der Waals surface area contributed by atoms with Crippen molar-refractivity contribution in [2.45, 2.75) is 46.1 Å². The number of carbonyl (C=O) groups excluding carboxylic acids is 1. The van der Waals surface area contributed by atoms with Crippen molar-refractivity contribution in [2.75, 3.05) is 0 Å². The average molecular weight is 349 g/mol. The fourth-order valence-corrected chi connectivity index (χ4v) is 3.08. The lowest BCUT2D eigenvalue weighted by Gasteiger charge is -2.15. The molecule has 112 valence electrons. The van der Waals surface area contributed by atoms with E-state index >= 15 is 0 Å². The second-order valence-electron chi connectivity index (χ2n) is 5.18. The Labute approximate surface area is 134 Å². The fourth-order valence-electron chi connectivity index (χ4n) is 2.66. The SMILES string of the molecule is CCC(C(=O)Cc1c(Br)c(C)nn1CC)c1ccccc1. The summed E-state index contributed by atoms with van der Waals surface area (Å²) in [5.41, 5.74) is 3.02. The molecule has 2 aromatic rings. The van der Waals surface area contributed by atoms with E-state index in [0.29, 0.717) is 6.42 Å². The zero-order valence-corrected chi connectivity index (χ0v) is 14.4. The van der Waals surface area contributed by atoms with Gasteiger partial charge in [-0.25, -0.2) is 0 Å². The summed E-state index contributed by atoms with van der Waals surface area (Å²) in [5.74, 6) is 0.206. The first kappa shape index (κ1) is 16.0. The predicted octanol–water partition coefficient (Wildman–Crippen LogP) is 4.28. The van der Waals surface area contributed by atoms with Crippen LogP contribution in [-0.4, -0.2) is 15.6 Å². The number of Topliss-reactive ketones (excluding diaryl/α,β-unsaturated/α-hetero) is 1. The van der Waals surface area contributed by atoms with Crippen molar-refractivity contribution in [3.8, 4) is 0 Å². The van der Waals surface area contributed by atoms with Gasteiger partial charge in [0.15, 0.2) is 0 Å². The highest BCUT2D eigenvalue weighted by molar-refractivity contribution is 9.10. The molecule has 21 heavy (non-hydrogen) atoms. The lowest BCUT2D eigenvalue weighted by molar-refractivity contribution is -0.120. The molecular weight excluding hydrogens is 328 g/mol. The van der Waals surface area contributed by atoms with Crippen molar-refractivity contribution in [1.29, 1.82) is 0 Å². The molecule has 1 heterocycles. The molecule has 0 amide bonds. The Morgan fingerprint density at radius 1 is 1.29 bits per heavy atom. The number of rotatable bonds is 6. The van der Waals surface area contributed by atoms with Crippen LogP contribution in [0.4, 0.5) is 0 Å². The Balaban J connectivity index is 2.25. The molecule has 0 saturated carbocycles. The molecule has 0 aliphatic heterocycles. The van der Waals surface area contributed by atoms with Gasteiger partial charge in [0.05, 0.1) is 22.3 Å². The highest BCUT2D eigenvalue weighted by Crippen LogP contribution is 2.26.